The number of halogens is 5. The summed E-state index contributed by atoms with van der Waals surface area (Å²) in [6, 6.07) is 7.24. The normalized spacial score (nSPS) is 16.7. The van der Waals surface area contributed by atoms with Gasteiger partial charge in [-0.05, 0) is 31.0 Å². The fourth-order valence-corrected chi connectivity index (χ4v) is 2.81. The number of hydrogen-bond acceptors (Lipinski definition) is 3. The average Bonchev–Trinajstić information content (AvgIpc) is 2.49. The molecule has 0 spiro atoms. The maximum absolute atomic E-state index is 12.6. The third kappa shape index (κ3) is 7.47. The van der Waals surface area contributed by atoms with E-state index in [2.05, 4.69) is 10.2 Å². The van der Waals surface area contributed by atoms with Crippen LogP contribution in [0, 0.1) is 0 Å². The fraction of sp³-hybridized carbons (Fsp3) is 0.625. The molecule has 1 heterocycles. The molecule has 0 saturated carbocycles. The number of nitrogens with zero attached hydrogens (tertiary/aromatic N) is 1. The maximum Gasteiger partial charge on any atom is 0.389 e. The molecule has 0 aromatic heterocycles. The van der Waals surface area contributed by atoms with E-state index in [0.29, 0.717) is 6.61 Å². The van der Waals surface area contributed by atoms with Gasteiger partial charge in [-0.25, -0.2) is 0 Å². The summed E-state index contributed by atoms with van der Waals surface area (Å²) in [6.07, 6.45) is -4.77. The molecule has 140 valence electrons. The lowest BCUT2D eigenvalue weighted by molar-refractivity contribution is -0.138. The van der Waals surface area contributed by atoms with Crippen molar-refractivity contribution in [3.05, 3.63) is 29.8 Å². The Labute approximate surface area is 153 Å². The van der Waals surface area contributed by atoms with E-state index < -0.39 is 12.6 Å². The first-order chi connectivity index (χ1) is 10.5. The highest BCUT2D eigenvalue weighted by Crippen LogP contribution is 2.32. The third-order valence-electron chi connectivity index (χ3n) is 3.87. The Hall–Kier alpha value is -0.690. The van der Waals surface area contributed by atoms with E-state index in [9.17, 15) is 13.2 Å². The fourth-order valence-electron chi connectivity index (χ4n) is 2.81. The van der Waals surface area contributed by atoms with Crippen molar-refractivity contribution in [1.82, 2.24) is 10.2 Å². The molecule has 8 heteroatoms. The molecule has 0 aliphatic carbocycles. The first-order valence-corrected chi connectivity index (χ1v) is 7.74. The number of ether oxygens (including phenoxy) is 1. The molecule has 1 atom stereocenters. The quantitative estimate of drug-likeness (QED) is 0.789. The van der Waals surface area contributed by atoms with Gasteiger partial charge in [-0.1, -0.05) is 12.1 Å². The second kappa shape index (κ2) is 11.0. The number of piperazine rings is 1. The van der Waals surface area contributed by atoms with E-state index in [1.165, 1.54) is 0 Å². The van der Waals surface area contributed by atoms with Gasteiger partial charge in [0.15, 0.2) is 0 Å². The molecule has 0 unspecified atom stereocenters. The zero-order chi connectivity index (χ0) is 16.0. The lowest BCUT2D eigenvalue weighted by Crippen LogP contribution is -2.45. The second-order valence-electron chi connectivity index (χ2n) is 5.46. The van der Waals surface area contributed by atoms with Crippen LogP contribution in [0.3, 0.4) is 0 Å². The number of benzene rings is 1. The van der Waals surface area contributed by atoms with Crippen LogP contribution < -0.4 is 10.1 Å². The molecule has 24 heavy (non-hydrogen) atoms. The monoisotopic (exact) mass is 388 g/mol. The van der Waals surface area contributed by atoms with Crippen molar-refractivity contribution < 1.29 is 17.9 Å². The van der Waals surface area contributed by atoms with E-state index in [4.69, 9.17) is 4.74 Å². The Bertz CT molecular complexity index is 452. The van der Waals surface area contributed by atoms with Gasteiger partial charge in [0.05, 0.1) is 6.61 Å². The standard InChI is InChI=1S/C16H23F3N2O.2ClH/c1-2-22-14-5-3-13(4-6-14)15(7-8-16(17,18)19)21-11-9-20-10-12-21;;/h3-6,15,20H,2,7-12H2,1H3;2*1H/t15-;;/m0../s1. The Morgan fingerprint density at radius 3 is 2.21 bits per heavy atom. The van der Waals surface area contributed by atoms with Crippen molar-refractivity contribution in [3.63, 3.8) is 0 Å². The molecular weight excluding hydrogens is 364 g/mol. The SMILES string of the molecule is CCOc1ccc([C@H](CCC(F)(F)F)N2CCNCC2)cc1.Cl.Cl. The minimum atomic E-state index is -4.11. The Kier molecular flexibility index (Phi) is 10.7. The molecule has 1 aliphatic heterocycles. The van der Waals surface area contributed by atoms with Crippen LogP contribution in [0.2, 0.25) is 0 Å². The summed E-state index contributed by atoms with van der Waals surface area (Å²) in [5, 5.41) is 3.24. The van der Waals surface area contributed by atoms with Crippen LogP contribution in [0.25, 0.3) is 0 Å². The van der Waals surface area contributed by atoms with Crippen molar-refractivity contribution in [2.24, 2.45) is 0 Å². The predicted molar refractivity (Wildman–Crippen MR) is 94.6 cm³/mol. The number of alkyl halides is 3. The van der Waals surface area contributed by atoms with Crippen LogP contribution in [0.15, 0.2) is 24.3 Å². The van der Waals surface area contributed by atoms with Crippen LogP contribution in [-0.4, -0.2) is 43.9 Å². The first kappa shape index (κ1) is 23.3. The Balaban J connectivity index is 0.00000264. The molecule has 1 aromatic carbocycles. The summed E-state index contributed by atoms with van der Waals surface area (Å²) in [5.41, 5.74) is 0.926. The largest absolute Gasteiger partial charge is 0.494 e. The highest BCUT2D eigenvalue weighted by Gasteiger charge is 2.31. The molecule has 1 N–H and O–H groups in total. The van der Waals surface area contributed by atoms with Crippen LogP contribution in [0.1, 0.15) is 31.4 Å². The van der Waals surface area contributed by atoms with Gasteiger partial charge in [-0.15, -0.1) is 24.8 Å². The highest BCUT2D eigenvalue weighted by atomic mass is 35.5. The molecule has 0 radical (unpaired) electrons. The van der Waals surface area contributed by atoms with Crippen molar-refractivity contribution >= 4 is 24.8 Å². The smallest absolute Gasteiger partial charge is 0.389 e. The van der Waals surface area contributed by atoms with E-state index in [1.807, 2.05) is 31.2 Å². The molecule has 1 fully saturated rings. The minimum absolute atomic E-state index is 0. The number of hydrogen-bond donors (Lipinski definition) is 1. The van der Waals surface area contributed by atoms with Crippen LogP contribution >= 0.6 is 24.8 Å². The summed E-state index contributed by atoms with van der Waals surface area (Å²) >= 11 is 0. The van der Waals surface area contributed by atoms with Gasteiger partial charge in [-0.3, -0.25) is 4.90 Å². The van der Waals surface area contributed by atoms with Crippen molar-refractivity contribution in [3.8, 4) is 5.75 Å². The lowest BCUT2D eigenvalue weighted by Gasteiger charge is -2.35. The molecular formula is C16H25Cl2F3N2O. The lowest BCUT2D eigenvalue weighted by atomic mass is 9.99. The van der Waals surface area contributed by atoms with Crippen molar-refractivity contribution in [2.45, 2.75) is 32.0 Å². The molecule has 1 saturated heterocycles. The summed E-state index contributed by atoms with van der Waals surface area (Å²) in [7, 11) is 0. The topological polar surface area (TPSA) is 24.5 Å². The van der Waals surface area contributed by atoms with E-state index in [1.54, 1.807) is 0 Å². The van der Waals surface area contributed by atoms with Gasteiger partial charge in [0.25, 0.3) is 0 Å². The summed E-state index contributed by atoms with van der Waals surface area (Å²) < 4.78 is 43.2. The third-order valence-corrected chi connectivity index (χ3v) is 3.87. The maximum atomic E-state index is 12.6. The summed E-state index contributed by atoms with van der Waals surface area (Å²) in [4.78, 5) is 2.14. The Morgan fingerprint density at radius 2 is 1.71 bits per heavy atom. The average molecular weight is 389 g/mol. The van der Waals surface area contributed by atoms with Gasteiger partial charge in [0.2, 0.25) is 0 Å². The van der Waals surface area contributed by atoms with Crippen LogP contribution in [0.5, 0.6) is 5.75 Å². The number of nitrogens with one attached hydrogen (secondary N) is 1. The van der Waals surface area contributed by atoms with Crippen LogP contribution in [-0.2, 0) is 0 Å². The molecule has 1 aliphatic rings. The Morgan fingerprint density at radius 1 is 1.12 bits per heavy atom. The molecule has 2 rings (SSSR count). The van der Waals surface area contributed by atoms with Gasteiger partial charge in [-0.2, -0.15) is 13.2 Å². The summed E-state index contributed by atoms with van der Waals surface area (Å²) in [6.45, 7) is 5.67. The molecule has 0 amide bonds. The molecule has 3 nitrogen and oxygen atoms in total. The van der Waals surface area contributed by atoms with Gasteiger partial charge < -0.3 is 10.1 Å². The first-order valence-electron chi connectivity index (χ1n) is 7.74. The van der Waals surface area contributed by atoms with Crippen molar-refractivity contribution in [2.75, 3.05) is 32.8 Å². The van der Waals surface area contributed by atoms with Gasteiger partial charge >= 0.3 is 6.18 Å². The van der Waals surface area contributed by atoms with Crippen molar-refractivity contribution in [1.29, 1.82) is 0 Å². The van der Waals surface area contributed by atoms with E-state index in [-0.39, 0.29) is 37.3 Å². The zero-order valence-electron chi connectivity index (χ0n) is 13.6. The highest BCUT2D eigenvalue weighted by molar-refractivity contribution is 5.85. The van der Waals surface area contributed by atoms with E-state index in [0.717, 1.165) is 37.5 Å². The predicted octanol–water partition coefficient (Wildman–Crippen LogP) is 4.22. The van der Waals surface area contributed by atoms with Crippen LogP contribution in [0.4, 0.5) is 13.2 Å². The number of rotatable bonds is 6. The molecule has 1 aromatic rings. The summed E-state index contributed by atoms with van der Waals surface area (Å²) in [5.74, 6) is 0.751. The second-order valence-corrected chi connectivity index (χ2v) is 5.46. The van der Waals surface area contributed by atoms with E-state index >= 15 is 0 Å². The molecule has 0 bridgehead atoms. The van der Waals surface area contributed by atoms with Gasteiger partial charge in [0.1, 0.15) is 5.75 Å². The minimum Gasteiger partial charge on any atom is -0.494 e. The van der Waals surface area contributed by atoms with Gasteiger partial charge in [0, 0.05) is 38.6 Å². The zero-order valence-corrected chi connectivity index (χ0v) is 15.3.